The van der Waals surface area contributed by atoms with Crippen molar-refractivity contribution in [1.82, 2.24) is 10.4 Å². The highest BCUT2D eigenvalue weighted by Gasteiger charge is 2.38. The molecule has 10 nitrogen and oxygen atoms in total. The average molecular weight is 369 g/mol. The van der Waals surface area contributed by atoms with Gasteiger partial charge in [0.2, 0.25) is 0 Å². The lowest BCUT2D eigenvalue weighted by atomic mass is 10.1. The molecule has 2 aromatic carbocycles. The van der Waals surface area contributed by atoms with Crippen LogP contribution >= 0.6 is 0 Å². The lowest BCUT2D eigenvalue weighted by molar-refractivity contribution is -0.384. The number of hydrazine groups is 1. The lowest BCUT2D eigenvalue weighted by Crippen LogP contribution is -2.45. The first-order valence-electron chi connectivity index (χ1n) is 7.54. The van der Waals surface area contributed by atoms with Crippen molar-refractivity contribution in [2.75, 3.05) is 0 Å². The van der Waals surface area contributed by atoms with Crippen molar-refractivity contribution in [3.05, 3.63) is 69.3 Å². The van der Waals surface area contributed by atoms with Gasteiger partial charge in [0.25, 0.3) is 23.4 Å². The second-order valence-corrected chi connectivity index (χ2v) is 5.49. The number of fused-ring (bicyclic) bond motifs is 1. The Morgan fingerprint density at radius 2 is 1.67 bits per heavy atom. The molecule has 1 N–H and O–H groups in total. The van der Waals surface area contributed by atoms with Crippen LogP contribution in [0.3, 0.4) is 0 Å². The molecule has 0 saturated carbocycles. The SMILES string of the molecule is CC(=O)Oc1ccc(C(=O)NN2C(=O)c3ccc([N+](=O)[O-])cc3C2=O)cc1. The van der Waals surface area contributed by atoms with E-state index in [0.29, 0.717) is 5.01 Å². The van der Waals surface area contributed by atoms with Gasteiger partial charge >= 0.3 is 5.97 Å². The van der Waals surface area contributed by atoms with E-state index in [1.54, 1.807) is 0 Å². The van der Waals surface area contributed by atoms with Crippen LogP contribution in [0.1, 0.15) is 38.0 Å². The van der Waals surface area contributed by atoms with Gasteiger partial charge in [0, 0.05) is 24.6 Å². The zero-order chi connectivity index (χ0) is 19.7. The Hall–Kier alpha value is -4.08. The standard InChI is InChI=1S/C17H11N3O7/c1-9(21)27-12-5-2-10(3-6-12)15(22)18-19-16(23)13-7-4-11(20(25)26)8-14(13)17(19)24/h2-8H,1H3,(H,18,22). The van der Waals surface area contributed by atoms with E-state index in [1.807, 2.05) is 0 Å². The van der Waals surface area contributed by atoms with Gasteiger partial charge in [-0.2, -0.15) is 5.01 Å². The van der Waals surface area contributed by atoms with Crippen LogP contribution in [0.15, 0.2) is 42.5 Å². The summed E-state index contributed by atoms with van der Waals surface area (Å²) in [5.74, 6) is -2.72. The molecule has 1 aliphatic heterocycles. The average Bonchev–Trinajstić information content (AvgIpc) is 2.86. The fraction of sp³-hybridized carbons (Fsp3) is 0.0588. The second kappa shape index (κ2) is 6.67. The Balaban J connectivity index is 1.78. The number of nitro groups is 1. The molecule has 3 rings (SSSR count). The summed E-state index contributed by atoms with van der Waals surface area (Å²) in [6.45, 7) is 1.23. The number of non-ortho nitro benzene ring substituents is 1. The molecular weight excluding hydrogens is 358 g/mol. The summed E-state index contributed by atoms with van der Waals surface area (Å²) in [7, 11) is 0. The molecule has 136 valence electrons. The fourth-order valence-electron chi connectivity index (χ4n) is 2.45. The predicted molar refractivity (Wildman–Crippen MR) is 88.8 cm³/mol. The largest absolute Gasteiger partial charge is 0.427 e. The van der Waals surface area contributed by atoms with Crippen molar-refractivity contribution in [1.29, 1.82) is 0 Å². The van der Waals surface area contributed by atoms with Crippen LogP contribution in [0.2, 0.25) is 0 Å². The third-order valence-corrected chi connectivity index (χ3v) is 3.67. The molecular formula is C17H11N3O7. The Morgan fingerprint density at radius 3 is 2.26 bits per heavy atom. The number of hydrogen-bond acceptors (Lipinski definition) is 7. The van der Waals surface area contributed by atoms with Gasteiger partial charge in [0.15, 0.2) is 0 Å². The predicted octanol–water partition coefficient (Wildman–Crippen LogP) is 1.46. The number of nitrogens with one attached hydrogen (secondary N) is 1. The highest BCUT2D eigenvalue weighted by molar-refractivity contribution is 6.22. The molecule has 0 unspecified atom stereocenters. The van der Waals surface area contributed by atoms with E-state index in [-0.39, 0.29) is 28.1 Å². The van der Waals surface area contributed by atoms with Crippen LogP contribution in [0.25, 0.3) is 0 Å². The van der Waals surface area contributed by atoms with Crippen LogP contribution in [0.5, 0.6) is 5.75 Å². The topological polar surface area (TPSA) is 136 Å². The van der Waals surface area contributed by atoms with E-state index in [2.05, 4.69) is 5.43 Å². The first-order valence-corrected chi connectivity index (χ1v) is 7.54. The minimum Gasteiger partial charge on any atom is -0.427 e. The van der Waals surface area contributed by atoms with Crippen LogP contribution in [-0.4, -0.2) is 33.6 Å². The maximum atomic E-state index is 12.3. The molecule has 3 amide bonds. The van der Waals surface area contributed by atoms with Gasteiger partial charge in [-0.3, -0.25) is 34.7 Å². The van der Waals surface area contributed by atoms with Crippen LogP contribution < -0.4 is 10.2 Å². The monoisotopic (exact) mass is 369 g/mol. The molecule has 0 atom stereocenters. The third kappa shape index (κ3) is 3.35. The van der Waals surface area contributed by atoms with Crippen molar-refractivity contribution in [3.8, 4) is 5.75 Å². The van der Waals surface area contributed by atoms with Crippen LogP contribution in [0.4, 0.5) is 5.69 Å². The number of imide groups is 1. The van der Waals surface area contributed by atoms with E-state index >= 15 is 0 Å². The highest BCUT2D eigenvalue weighted by atomic mass is 16.6. The van der Waals surface area contributed by atoms with E-state index < -0.39 is 28.6 Å². The summed E-state index contributed by atoms with van der Waals surface area (Å²) in [6, 6.07) is 8.68. The second-order valence-electron chi connectivity index (χ2n) is 5.49. The minimum atomic E-state index is -0.872. The van der Waals surface area contributed by atoms with Gasteiger partial charge in [0.1, 0.15) is 5.75 Å². The van der Waals surface area contributed by atoms with Gasteiger partial charge in [-0.1, -0.05) is 0 Å². The van der Waals surface area contributed by atoms with Gasteiger partial charge in [-0.05, 0) is 30.3 Å². The zero-order valence-electron chi connectivity index (χ0n) is 13.8. The van der Waals surface area contributed by atoms with E-state index in [1.165, 1.54) is 31.2 Å². The summed E-state index contributed by atoms with van der Waals surface area (Å²) in [6.07, 6.45) is 0. The Bertz CT molecular complexity index is 998. The zero-order valence-corrected chi connectivity index (χ0v) is 13.8. The number of carbonyl (C=O) groups is 4. The number of nitrogens with zero attached hydrogens (tertiary/aromatic N) is 2. The Kier molecular flexibility index (Phi) is 4.38. The Morgan fingerprint density at radius 1 is 1.04 bits per heavy atom. The quantitative estimate of drug-likeness (QED) is 0.283. The summed E-state index contributed by atoms with van der Waals surface area (Å²) in [4.78, 5) is 57.9. The number of hydrogen-bond donors (Lipinski definition) is 1. The molecule has 0 aliphatic carbocycles. The first-order chi connectivity index (χ1) is 12.8. The lowest BCUT2D eigenvalue weighted by Gasteiger charge is -2.15. The molecule has 1 heterocycles. The Labute approximate surface area is 151 Å². The van der Waals surface area contributed by atoms with Gasteiger partial charge < -0.3 is 4.74 Å². The normalized spacial score (nSPS) is 12.6. The fourth-order valence-corrected chi connectivity index (χ4v) is 2.45. The number of carbonyl (C=O) groups excluding carboxylic acids is 4. The summed E-state index contributed by atoms with van der Waals surface area (Å²) in [5, 5.41) is 11.3. The molecule has 0 spiro atoms. The maximum absolute atomic E-state index is 12.3. The van der Waals surface area contributed by atoms with Crippen molar-refractivity contribution < 1.29 is 28.8 Å². The molecule has 0 fully saturated rings. The summed E-state index contributed by atoms with van der Waals surface area (Å²) >= 11 is 0. The van der Waals surface area contributed by atoms with Gasteiger partial charge in [0.05, 0.1) is 16.1 Å². The minimum absolute atomic E-state index is 0.0453. The maximum Gasteiger partial charge on any atom is 0.308 e. The van der Waals surface area contributed by atoms with Crippen molar-refractivity contribution in [3.63, 3.8) is 0 Å². The number of esters is 1. The third-order valence-electron chi connectivity index (χ3n) is 3.67. The molecule has 1 aliphatic rings. The van der Waals surface area contributed by atoms with Crippen molar-refractivity contribution >= 4 is 29.4 Å². The van der Waals surface area contributed by atoms with E-state index in [0.717, 1.165) is 18.2 Å². The van der Waals surface area contributed by atoms with Gasteiger partial charge in [-0.15, -0.1) is 0 Å². The number of benzene rings is 2. The van der Waals surface area contributed by atoms with Crippen LogP contribution in [0, 0.1) is 10.1 Å². The van der Waals surface area contributed by atoms with Crippen molar-refractivity contribution in [2.45, 2.75) is 6.92 Å². The van der Waals surface area contributed by atoms with E-state index in [4.69, 9.17) is 4.74 Å². The highest BCUT2D eigenvalue weighted by Crippen LogP contribution is 2.26. The van der Waals surface area contributed by atoms with E-state index in [9.17, 15) is 29.3 Å². The molecule has 0 saturated heterocycles. The molecule has 2 aromatic rings. The molecule has 10 heteroatoms. The van der Waals surface area contributed by atoms with Crippen molar-refractivity contribution in [2.24, 2.45) is 0 Å². The molecule has 0 aromatic heterocycles. The molecule has 0 bridgehead atoms. The molecule has 27 heavy (non-hydrogen) atoms. The number of rotatable bonds is 4. The van der Waals surface area contributed by atoms with Crippen LogP contribution in [-0.2, 0) is 4.79 Å². The summed E-state index contributed by atoms with van der Waals surface area (Å²) < 4.78 is 4.84. The number of nitro benzene ring substituents is 1. The van der Waals surface area contributed by atoms with Gasteiger partial charge in [-0.25, -0.2) is 0 Å². The summed E-state index contributed by atoms with van der Waals surface area (Å²) in [5.41, 5.74) is 1.72. The number of ether oxygens (including phenoxy) is 1. The first kappa shape index (κ1) is 17.7. The molecule has 0 radical (unpaired) electrons. The number of amides is 3. The smallest absolute Gasteiger partial charge is 0.308 e.